The van der Waals surface area contributed by atoms with Gasteiger partial charge in [0.2, 0.25) is 5.91 Å². The van der Waals surface area contributed by atoms with Gasteiger partial charge in [0.15, 0.2) is 0 Å². The number of carbonyl (C=O) groups is 2. The van der Waals surface area contributed by atoms with Gasteiger partial charge in [-0.25, -0.2) is 4.39 Å². The van der Waals surface area contributed by atoms with Gasteiger partial charge in [-0.3, -0.25) is 9.59 Å². The molecular formula is C26H28FN3O4. The van der Waals surface area contributed by atoms with Crippen LogP contribution in [0.15, 0.2) is 48.5 Å². The zero-order valence-corrected chi connectivity index (χ0v) is 19.3. The summed E-state index contributed by atoms with van der Waals surface area (Å²) in [5.41, 5.74) is 0.399. The van der Waals surface area contributed by atoms with Gasteiger partial charge in [0.1, 0.15) is 22.8 Å². The predicted octanol–water partition coefficient (Wildman–Crippen LogP) is 3.50. The van der Waals surface area contributed by atoms with Crippen LogP contribution in [0, 0.1) is 5.82 Å². The Balaban J connectivity index is 1.55. The van der Waals surface area contributed by atoms with Gasteiger partial charge < -0.3 is 24.3 Å². The quantitative estimate of drug-likeness (QED) is 0.605. The zero-order chi connectivity index (χ0) is 23.9. The van der Waals surface area contributed by atoms with E-state index >= 15 is 0 Å². The second kappa shape index (κ2) is 8.76. The molecule has 2 atom stereocenters. The van der Waals surface area contributed by atoms with Crippen LogP contribution in [-0.4, -0.2) is 53.2 Å². The molecule has 1 saturated heterocycles. The Morgan fingerprint density at radius 3 is 2.82 bits per heavy atom. The maximum absolute atomic E-state index is 14.5. The third-order valence-electron chi connectivity index (χ3n) is 6.93. The molecule has 0 spiro atoms. The molecule has 1 aromatic heterocycles. The molecule has 1 N–H and O–H groups in total. The van der Waals surface area contributed by atoms with Gasteiger partial charge in [-0.05, 0) is 44.0 Å². The van der Waals surface area contributed by atoms with Crippen molar-refractivity contribution in [2.75, 3.05) is 20.3 Å². The Hall–Kier alpha value is -3.39. The third-order valence-corrected chi connectivity index (χ3v) is 6.93. The normalized spacial score (nSPS) is 22.1. The fraction of sp³-hybridized carbons (Fsp3) is 0.385. The number of methoxy groups -OCH3 is 1. The average Bonchev–Trinajstić information content (AvgIpc) is 3.49. The van der Waals surface area contributed by atoms with E-state index in [0.29, 0.717) is 30.2 Å². The summed E-state index contributed by atoms with van der Waals surface area (Å²) in [4.78, 5) is 28.9. The lowest BCUT2D eigenvalue weighted by atomic mass is 9.93. The van der Waals surface area contributed by atoms with E-state index in [0.717, 1.165) is 23.7 Å². The van der Waals surface area contributed by atoms with Crippen molar-refractivity contribution >= 4 is 22.7 Å². The zero-order valence-electron chi connectivity index (χ0n) is 19.3. The van der Waals surface area contributed by atoms with Crippen LogP contribution in [0.25, 0.3) is 10.9 Å². The Kier molecular flexibility index (Phi) is 5.77. The van der Waals surface area contributed by atoms with Crippen LogP contribution < -0.4 is 10.1 Å². The van der Waals surface area contributed by atoms with Crippen LogP contribution in [0.1, 0.15) is 35.8 Å². The molecule has 3 aromatic rings. The Bertz CT molecular complexity index is 1250. The number of carbonyl (C=O) groups excluding carboxylic acids is 2. The molecule has 7 nitrogen and oxygen atoms in total. The van der Waals surface area contributed by atoms with Crippen LogP contribution in [0.5, 0.6) is 5.75 Å². The Morgan fingerprint density at radius 1 is 1.26 bits per heavy atom. The maximum atomic E-state index is 14.5. The summed E-state index contributed by atoms with van der Waals surface area (Å²) in [5.74, 6) is -0.352. The van der Waals surface area contributed by atoms with Crippen LogP contribution in [0.4, 0.5) is 4.39 Å². The van der Waals surface area contributed by atoms with Gasteiger partial charge >= 0.3 is 0 Å². The fourth-order valence-corrected chi connectivity index (χ4v) is 4.90. The number of amides is 2. The maximum Gasteiger partial charge on any atom is 0.271 e. The smallest absolute Gasteiger partial charge is 0.271 e. The molecular weight excluding hydrogens is 437 g/mol. The number of hydrogen-bond donors (Lipinski definition) is 1. The molecule has 0 saturated carbocycles. The standard InChI is InChI=1S/C26H28FN3O4/c1-26(25(32)28-14-20-7-5-11-34-20)16-29-22-13-19(33-2)10-9-17(22)12-23(29)24(31)30(26)15-18-6-3-4-8-21(18)27/h3-4,6,8-10,12-13,20H,5,7,11,14-16H2,1-2H3,(H,28,32)/t20-,26-/m0/s1. The summed E-state index contributed by atoms with van der Waals surface area (Å²) in [6.45, 7) is 3.03. The van der Waals surface area contributed by atoms with E-state index < -0.39 is 11.4 Å². The molecule has 0 radical (unpaired) electrons. The topological polar surface area (TPSA) is 72.8 Å². The molecule has 2 amide bonds. The molecule has 8 heteroatoms. The lowest BCUT2D eigenvalue weighted by Gasteiger charge is -2.44. The monoisotopic (exact) mass is 465 g/mol. The number of nitrogens with one attached hydrogen (secondary N) is 1. The van der Waals surface area contributed by atoms with Gasteiger partial charge in [0.25, 0.3) is 5.91 Å². The van der Waals surface area contributed by atoms with Crippen molar-refractivity contribution in [3.05, 3.63) is 65.6 Å². The highest BCUT2D eigenvalue weighted by Crippen LogP contribution is 2.35. The first-order chi connectivity index (χ1) is 16.4. The van der Waals surface area contributed by atoms with Gasteiger partial charge in [-0.15, -0.1) is 0 Å². The van der Waals surface area contributed by atoms with Gasteiger partial charge in [-0.2, -0.15) is 0 Å². The molecule has 1 fully saturated rings. The second-order valence-corrected chi connectivity index (χ2v) is 9.14. The Labute approximate surface area is 197 Å². The molecule has 2 aliphatic rings. The van der Waals surface area contributed by atoms with E-state index in [1.54, 1.807) is 32.2 Å². The molecule has 2 aromatic carbocycles. The summed E-state index contributed by atoms with van der Waals surface area (Å²) < 4.78 is 27.4. The number of fused-ring (bicyclic) bond motifs is 3. The molecule has 5 rings (SSSR count). The number of rotatable bonds is 6. The van der Waals surface area contributed by atoms with E-state index in [1.165, 1.54) is 11.0 Å². The van der Waals surface area contributed by atoms with Crippen molar-refractivity contribution in [2.45, 2.75) is 44.5 Å². The number of aromatic nitrogens is 1. The van der Waals surface area contributed by atoms with Crippen molar-refractivity contribution in [1.82, 2.24) is 14.8 Å². The lowest BCUT2D eigenvalue weighted by molar-refractivity contribution is -0.133. The molecule has 34 heavy (non-hydrogen) atoms. The van der Waals surface area contributed by atoms with E-state index in [4.69, 9.17) is 9.47 Å². The van der Waals surface area contributed by atoms with Crippen molar-refractivity contribution in [3.63, 3.8) is 0 Å². The van der Waals surface area contributed by atoms with Crippen molar-refractivity contribution < 1.29 is 23.5 Å². The first-order valence-electron chi connectivity index (χ1n) is 11.5. The summed E-state index contributed by atoms with van der Waals surface area (Å²) >= 11 is 0. The number of halogens is 1. The van der Waals surface area contributed by atoms with Gasteiger partial charge in [-0.1, -0.05) is 18.2 Å². The third kappa shape index (κ3) is 3.81. The van der Waals surface area contributed by atoms with E-state index in [2.05, 4.69) is 5.32 Å². The number of nitrogens with zero attached hydrogens (tertiary/aromatic N) is 2. The number of ether oxygens (including phenoxy) is 2. The highest BCUT2D eigenvalue weighted by molar-refractivity contribution is 6.03. The molecule has 178 valence electrons. The highest BCUT2D eigenvalue weighted by atomic mass is 19.1. The minimum absolute atomic E-state index is 0.0137. The molecule has 2 aliphatic heterocycles. The molecule has 0 aliphatic carbocycles. The molecule has 3 heterocycles. The minimum atomic E-state index is -1.24. The van der Waals surface area contributed by atoms with Crippen molar-refractivity contribution in [1.29, 1.82) is 0 Å². The van der Waals surface area contributed by atoms with Crippen LogP contribution >= 0.6 is 0 Å². The van der Waals surface area contributed by atoms with E-state index in [1.807, 2.05) is 28.8 Å². The van der Waals surface area contributed by atoms with Gasteiger partial charge in [0, 0.05) is 30.2 Å². The van der Waals surface area contributed by atoms with Crippen molar-refractivity contribution in [2.24, 2.45) is 0 Å². The van der Waals surface area contributed by atoms with E-state index in [-0.39, 0.29) is 31.0 Å². The van der Waals surface area contributed by atoms with Crippen LogP contribution in [0.2, 0.25) is 0 Å². The predicted molar refractivity (Wildman–Crippen MR) is 125 cm³/mol. The van der Waals surface area contributed by atoms with Crippen LogP contribution in [-0.2, 0) is 22.6 Å². The first kappa shape index (κ1) is 22.4. The largest absolute Gasteiger partial charge is 0.497 e. The lowest BCUT2D eigenvalue weighted by Crippen LogP contribution is -2.64. The summed E-state index contributed by atoms with van der Waals surface area (Å²) in [7, 11) is 1.59. The van der Waals surface area contributed by atoms with Gasteiger partial charge in [0.05, 0.1) is 31.8 Å². The molecule has 0 unspecified atom stereocenters. The minimum Gasteiger partial charge on any atom is -0.497 e. The number of benzene rings is 2. The summed E-state index contributed by atoms with van der Waals surface area (Å²) in [6, 6.07) is 13.7. The highest BCUT2D eigenvalue weighted by Gasteiger charge is 2.48. The van der Waals surface area contributed by atoms with Crippen molar-refractivity contribution in [3.8, 4) is 5.75 Å². The summed E-state index contributed by atoms with van der Waals surface area (Å²) in [6.07, 6.45) is 1.83. The second-order valence-electron chi connectivity index (χ2n) is 9.14. The first-order valence-corrected chi connectivity index (χ1v) is 11.5. The average molecular weight is 466 g/mol. The molecule has 0 bridgehead atoms. The van der Waals surface area contributed by atoms with E-state index in [9.17, 15) is 14.0 Å². The van der Waals surface area contributed by atoms with Crippen LogP contribution in [0.3, 0.4) is 0 Å². The number of hydrogen-bond acceptors (Lipinski definition) is 4. The fourth-order valence-electron chi connectivity index (χ4n) is 4.90. The Morgan fingerprint density at radius 2 is 2.09 bits per heavy atom. The summed E-state index contributed by atoms with van der Waals surface area (Å²) in [5, 5.41) is 3.86. The SMILES string of the molecule is COc1ccc2cc3n(c2c1)C[C@@](C)(C(=O)NC[C@@H]1CCCO1)N(Cc1ccccc1F)C3=O.